The van der Waals surface area contributed by atoms with Crippen molar-refractivity contribution in [2.24, 2.45) is 0 Å². The van der Waals surface area contributed by atoms with Crippen molar-refractivity contribution in [1.82, 2.24) is 29.9 Å². The number of aryl methyl sites for hydroxylation is 1. The third-order valence-corrected chi connectivity index (χ3v) is 6.30. The molecule has 35 heavy (non-hydrogen) atoms. The number of aromatic nitrogens is 6. The number of nitrogens with one attached hydrogen (secondary N) is 1. The molecule has 0 bridgehead atoms. The van der Waals surface area contributed by atoms with Gasteiger partial charge in [0.05, 0.1) is 18.4 Å². The molecule has 0 radical (unpaired) electrons. The molecule has 4 aromatic heterocycles. The fraction of sp³-hybridized carbons (Fsp3) is 0.200. The molecule has 0 saturated heterocycles. The average molecular weight is 473 g/mol. The topological polar surface area (TPSA) is 88.7 Å². The van der Waals surface area contributed by atoms with E-state index in [0.717, 1.165) is 12.0 Å². The predicted molar refractivity (Wildman–Crippen MR) is 124 cm³/mol. The predicted octanol–water partition coefficient (Wildman–Crippen LogP) is 4.52. The van der Waals surface area contributed by atoms with Crippen molar-refractivity contribution in [3.8, 4) is 22.9 Å². The molecule has 10 heteroatoms. The van der Waals surface area contributed by atoms with Crippen LogP contribution < -0.4 is 4.90 Å². The largest absolute Gasteiger partial charge is 0.364 e. The molecule has 8 nitrogen and oxygen atoms in total. The summed E-state index contributed by atoms with van der Waals surface area (Å²) in [5.74, 6) is -0.323. The zero-order valence-corrected chi connectivity index (χ0v) is 18.9. The van der Waals surface area contributed by atoms with Crippen LogP contribution in [0.2, 0.25) is 0 Å². The van der Waals surface area contributed by atoms with Crippen LogP contribution in [0.25, 0.3) is 22.9 Å². The van der Waals surface area contributed by atoms with Crippen molar-refractivity contribution in [3.05, 3.63) is 89.1 Å². The van der Waals surface area contributed by atoms with Gasteiger partial charge in [-0.25, -0.2) is 18.7 Å². The first-order valence-corrected chi connectivity index (χ1v) is 11.2. The zero-order valence-electron chi connectivity index (χ0n) is 18.9. The summed E-state index contributed by atoms with van der Waals surface area (Å²) in [5, 5.41) is 8.63. The third-order valence-electron chi connectivity index (χ3n) is 6.30. The van der Waals surface area contributed by atoms with E-state index in [9.17, 15) is 8.78 Å². The van der Waals surface area contributed by atoms with Crippen molar-refractivity contribution < 1.29 is 13.3 Å². The van der Waals surface area contributed by atoms with Crippen molar-refractivity contribution >= 4 is 5.82 Å². The Morgan fingerprint density at radius 2 is 2.00 bits per heavy atom. The van der Waals surface area contributed by atoms with Gasteiger partial charge >= 0.3 is 0 Å². The first-order chi connectivity index (χ1) is 17.1. The van der Waals surface area contributed by atoms with E-state index < -0.39 is 5.82 Å². The van der Waals surface area contributed by atoms with Crippen molar-refractivity contribution in [1.29, 1.82) is 0 Å². The molecule has 0 amide bonds. The Labute approximate surface area is 199 Å². The van der Waals surface area contributed by atoms with E-state index in [-0.39, 0.29) is 24.0 Å². The Bertz CT molecular complexity index is 1510. The maximum Gasteiger partial charge on any atom is 0.183 e. The maximum atomic E-state index is 14.8. The molecule has 5 heterocycles. The number of fused-ring (bicyclic) bond motifs is 1. The first-order valence-electron chi connectivity index (χ1n) is 11.2. The second-order valence-electron chi connectivity index (χ2n) is 8.51. The van der Waals surface area contributed by atoms with E-state index in [1.165, 1.54) is 29.8 Å². The molecular formula is C25H21F2N7O. The van der Waals surface area contributed by atoms with Crippen LogP contribution in [0.4, 0.5) is 14.6 Å². The number of H-pyrrole nitrogens is 1. The van der Waals surface area contributed by atoms with Gasteiger partial charge in [-0.1, -0.05) is 23.4 Å². The number of halogens is 2. The minimum Gasteiger partial charge on any atom is -0.364 e. The number of nitrogens with zero attached hydrogens (tertiary/aromatic N) is 6. The minimum absolute atomic E-state index is 0.171. The van der Waals surface area contributed by atoms with Gasteiger partial charge in [-0.2, -0.15) is 5.10 Å². The summed E-state index contributed by atoms with van der Waals surface area (Å²) < 4.78 is 35.8. The Hall–Kier alpha value is -4.34. The van der Waals surface area contributed by atoms with Gasteiger partial charge < -0.3 is 14.4 Å². The van der Waals surface area contributed by atoms with Gasteiger partial charge in [-0.3, -0.25) is 4.68 Å². The van der Waals surface area contributed by atoms with Crippen LogP contribution in [0, 0.1) is 18.6 Å². The van der Waals surface area contributed by atoms with E-state index in [1.807, 2.05) is 18.0 Å². The quantitative estimate of drug-likeness (QED) is 0.404. The van der Waals surface area contributed by atoms with Crippen LogP contribution in [0.3, 0.4) is 0 Å². The molecule has 0 unspecified atom stereocenters. The van der Waals surface area contributed by atoms with Gasteiger partial charge in [0.25, 0.3) is 0 Å². The Kier molecular flexibility index (Phi) is 5.13. The molecular weight excluding hydrogens is 452 g/mol. The van der Waals surface area contributed by atoms with Crippen LogP contribution in [0.15, 0.2) is 59.6 Å². The molecule has 1 aliphatic rings. The number of rotatable bonds is 5. The summed E-state index contributed by atoms with van der Waals surface area (Å²) in [6.45, 7) is 3.40. The van der Waals surface area contributed by atoms with Crippen molar-refractivity contribution in [2.75, 3.05) is 11.4 Å². The maximum absolute atomic E-state index is 14.8. The van der Waals surface area contributed by atoms with Crippen LogP contribution >= 0.6 is 0 Å². The molecule has 6 rings (SSSR count). The van der Waals surface area contributed by atoms with Gasteiger partial charge in [0.15, 0.2) is 17.5 Å². The zero-order chi connectivity index (χ0) is 23.9. The lowest BCUT2D eigenvalue weighted by atomic mass is 10.1. The van der Waals surface area contributed by atoms with Gasteiger partial charge in [-0.05, 0) is 30.2 Å². The smallest absolute Gasteiger partial charge is 0.183 e. The van der Waals surface area contributed by atoms with Crippen LogP contribution in [-0.4, -0.2) is 36.4 Å². The lowest BCUT2D eigenvalue weighted by Crippen LogP contribution is -2.32. The van der Waals surface area contributed by atoms with Gasteiger partial charge in [-0.15, -0.1) is 0 Å². The highest BCUT2D eigenvalue weighted by Crippen LogP contribution is 2.29. The molecule has 0 spiro atoms. The summed E-state index contributed by atoms with van der Waals surface area (Å²) in [6, 6.07) is 9.95. The lowest BCUT2D eigenvalue weighted by Gasteiger charge is -2.28. The van der Waals surface area contributed by atoms with E-state index in [4.69, 9.17) is 4.52 Å². The fourth-order valence-corrected chi connectivity index (χ4v) is 4.44. The number of anilines is 1. The van der Waals surface area contributed by atoms with E-state index in [1.54, 1.807) is 35.0 Å². The molecule has 1 aliphatic heterocycles. The summed E-state index contributed by atoms with van der Waals surface area (Å²) in [4.78, 5) is 14.0. The number of benzene rings is 1. The van der Waals surface area contributed by atoms with Gasteiger partial charge in [0.1, 0.15) is 23.5 Å². The molecule has 5 aromatic rings. The van der Waals surface area contributed by atoms with Gasteiger partial charge in [0, 0.05) is 43.0 Å². The Balaban J connectivity index is 1.38. The van der Waals surface area contributed by atoms with E-state index in [0.29, 0.717) is 35.7 Å². The third kappa shape index (κ3) is 3.86. The Morgan fingerprint density at radius 1 is 1.11 bits per heavy atom. The molecule has 0 aliphatic carbocycles. The number of aromatic amines is 1. The van der Waals surface area contributed by atoms with Crippen LogP contribution in [0.5, 0.6) is 0 Å². The highest BCUT2D eigenvalue weighted by atomic mass is 19.1. The average Bonchev–Trinajstić information content (AvgIpc) is 3.61. The van der Waals surface area contributed by atoms with E-state index >= 15 is 0 Å². The molecule has 0 fully saturated rings. The summed E-state index contributed by atoms with van der Waals surface area (Å²) in [7, 11) is 0. The van der Waals surface area contributed by atoms with Crippen molar-refractivity contribution in [2.45, 2.75) is 26.4 Å². The summed E-state index contributed by atoms with van der Waals surface area (Å²) in [6.07, 6.45) is 5.37. The first kappa shape index (κ1) is 21.2. The number of hydrogen-bond donors (Lipinski definition) is 1. The minimum atomic E-state index is -0.493. The summed E-state index contributed by atoms with van der Waals surface area (Å²) in [5.41, 5.74) is 5.53. The monoisotopic (exact) mass is 473 g/mol. The molecule has 1 N–H and O–H groups in total. The second-order valence-corrected chi connectivity index (χ2v) is 8.51. The summed E-state index contributed by atoms with van der Waals surface area (Å²) >= 11 is 0. The van der Waals surface area contributed by atoms with Crippen molar-refractivity contribution in [3.63, 3.8) is 0 Å². The normalized spacial score (nSPS) is 13.3. The highest BCUT2D eigenvalue weighted by molar-refractivity contribution is 5.63. The highest BCUT2D eigenvalue weighted by Gasteiger charge is 2.24. The van der Waals surface area contributed by atoms with Crippen LogP contribution in [-0.2, 0) is 19.5 Å². The van der Waals surface area contributed by atoms with Crippen LogP contribution in [0.1, 0.15) is 22.4 Å². The fourth-order valence-electron chi connectivity index (χ4n) is 4.44. The molecule has 0 atom stereocenters. The second kappa shape index (κ2) is 8.46. The van der Waals surface area contributed by atoms with E-state index in [2.05, 4.69) is 25.2 Å². The number of hydrogen-bond acceptors (Lipinski definition) is 6. The molecule has 0 saturated carbocycles. The lowest BCUT2D eigenvalue weighted by molar-refractivity contribution is 0.421. The molecule has 176 valence electrons. The van der Waals surface area contributed by atoms with Gasteiger partial charge in [0.2, 0.25) is 0 Å². The SMILES string of the molecule is Cc1c[nH]c2c1CN(c1nc(-c3cc(-c4ccon4)n(Cc4ccccc4F)n3)ncc1F)CC2. The standard InChI is InChI=1S/C25H21F2N7O/c1-15-11-28-20-6-8-33(14-17(15)20)25-19(27)12-29-24(30-25)22-10-23(21-7-9-35-32-21)34(31-22)13-16-4-2-3-5-18(16)26/h2-5,7,9-12,28H,6,8,13-14H2,1H3. The Morgan fingerprint density at radius 3 is 2.83 bits per heavy atom. The molecule has 1 aromatic carbocycles.